The number of benzene rings is 2. The lowest BCUT2D eigenvalue weighted by Gasteiger charge is -2.45. The van der Waals surface area contributed by atoms with Crippen molar-refractivity contribution in [2.75, 3.05) is 19.6 Å². The highest BCUT2D eigenvalue weighted by atomic mass is 15.5. The number of anilines is 8. The zero-order valence-corrected chi connectivity index (χ0v) is 30.0. The van der Waals surface area contributed by atoms with Crippen LogP contribution in [0.5, 0.6) is 0 Å². The summed E-state index contributed by atoms with van der Waals surface area (Å²) >= 11 is 0. The van der Waals surface area contributed by atoms with Crippen LogP contribution in [0, 0.1) is 55.4 Å². The van der Waals surface area contributed by atoms with Crippen LogP contribution in [0.4, 0.5) is 45.5 Å². The lowest BCUT2D eigenvalue weighted by atomic mass is 10.1. The van der Waals surface area contributed by atoms with E-state index >= 15 is 0 Å². The second-order valence-corrected chi connectivity index (χ2v) is 13.7. The van der Waals surface area contributed by atoms with E-state index in [0.29, 0.717) is 0 Å². The van der Waals surface area contributed by atoms with E-state index in [4.69, 9.17) is 19.9 Å². The minimum absolute atomic E-state index is 0.259. The molecule has 8 nitrogen and oxygen atoms in total. The van der Waals surface area contributed by atoms with E-state index in [0.717, 1.165) is 91.1 Å². The lowest BCUT2D eigenvalue weighted by Crippen LogP contribution is -2.58. The summed E-state index contributed by atoms with van der Waals surface area (Å²) in [4.78, 5) is 29.2. The van der Waals surface area contributed by atoms with Crippen LogP contribution in [0.15, 0.2) is 97.1 Å². The third-order valence-electron chi connectivity index (χ3n) is 9.50. The van der Waals surface area contributed by atoms with E-state index in [1.165, 1.54) is 0 Å². The van der Waals surface area contributed by atoms with Gasteiger partial charge in [0.1, 0.15) is 0 Å². The van der Waals surface area contributed by atoms with Crippen LogP contribution in [0.1, 0.15) is 45.6 Å². The zero-order valence-electron chi connectivity index (χ0n) is 30.0. The molecule has 0 spiro atoms. The number of aryl methyl sites for hydroxylation is 8. The summed E-state index contributed by atoms with van der Waals surface area (Å²) in [7, 11) is 0. The van der Waals surface area contributed by atoms with E-state index in [9.17, 15) is 0 Å². The molecule has 50 heavy (non-hydrogen) atoms. The van der Waals surface area contributed by atoms with E-state index in [-0.39, 0.29) is 12.3 Å². The van der Waals surface area contributed by atoms with Crippen molar-refractivity contribution in [2.45, 2.75) is 67.7 Å². The minimum Gasteiger partial charge on any atom is -0.314 e. The Hall–Kier alpha value is -5.76. The number of aromatic nitrogens is 4. The molecule has 8 rings (SSSR count). The number of hydrogen-bond acceptors (Lipinski definition) is 8. The quantitative estimate of drug-likeness (QED) is 0.181. The molecule has 0 N–H and O–H groups in total. The van der Waals surface area contributed by atoms with Crippen LogP contribution in [0.25, 0.3) is 0 Å². The Morgan fingerprint density at radius 3 is 0.680 bits per heavy atom. The van der Waals surface area contributed by atoms with Crippen LogP contribution in [-0.4, -0.2) is 32.3 Å². The average Bonchev–Trinajstić information content (AvgIpc) is 3.56. The molecule has 0 bridgehead atoms. The van der Waals surface area contributed by atoms with E-state index in [2.05, 4.69) is 172 Å². The molecule has 0 aliphatic carbocycles. The fraction of sp³-hybridized carbons (Fsp3) is 0.238. The Morgan fingerprint density at radius 2 is 0.500 bits per heavy atom. The number of hydrogen-bond donors (Lipinski definition) is 0. The lowest BCUT2D eigenvalue weighted by molar-refractivity contribution is 0.548. The average molecular weight is 659 g/mol. The molecule has 0 fully saturated rings. The van der Waals surface area contributed by atoms with Crippen molar-refractivity contribution in [3.63, 3.8) is 0 Å². The molecule has 250 valence electrons. The molecule has 2 aliphatic heterocycles. The van der Waals surface area contributed by atoms with Gasteiger partial charge in [0.15, 0.2) is 12.3 Å². The molecule has 6 aromatic rings. The first-order valence-electron chi connectivity index (χ1n) is 17.2. The molecule has 6 heterocycles. The maximum Gasteiger partial charge on any atom is 0.151 e. The molecule has 0 amide bonds. The van der Waals surface area contributed by atoms with Crippen molar-refractivity contribution >= 4 is 45.5 Å². The number of nitrogens with zero attached hydrogens (tertiary/aromatic N) is 8. The fourth-order valence-corrected chi connectivity index (χ4v) is 8.05. The van der Waals surface area contributed by atoms with Gasteiger partial charge in [-0.25, -0.2) is 0 Å². The first-order valence-corrected chi connectivity index (χ1v) is 17.2. The largest absolute Gasteiger partial charge is 0.314 e. The number of para-hydroxylation sites is 4. The van der Waals surface area contributed by atoms with Gasteiger partial charge in [0, 0.05) is 68.3 Å². The van der Waals surface area contributed by atoms with Crippen molar-refractivity contribution in [2.24, 2.45) is 0 Å². The van der Waals surface area contributed by atoms with Gasteiger partial charge in [-0.2, -0.15) is 0 Å². The van der Waals surface area contributed by atoms with Crippen LogP contribution in [-0.2, 0) is 0 Å². The summed E-state index contributed by atoms with van der Waals surface area (Å²) in [5.41, 5.74) is 16.8. The zero-order chi connectivity index (χ0) is 34.8. The highest BCUT2D eigenvalue weighted by Crippen LogP contribution is 2.56. The predicted octanol–water partition coefficient (Wildman–Crippen LogP) is 9.67. The molecular weight excluding hydrogens is 617 g/mol. The van der Waals surface area contributed by atoms with Crippen molar-refractivity contribution in [3.05, 3.63) is 143 Å². The first kappa shape index (κ1) is 31.5. The number of rotatable bonds is 5. The van der Waals surface area contributed by atoms with Crippen LogP contribution < -0.4 is 19.6 Å². The van der Waals surface area contributed by atoms with E-state index in [1.54, 1.807) is 0 Å². The summed E-state index contributed by atoms with van der Waals surface area (Å²) in [6.07, 6.45) is -0.519. The monoisotopic (exact) mass is 658 g/mol. The third-order valence-corrected chi connectivity index (χ3v) is 9.50. The Bertz CT molecular complexity index is 1880. The molecule has 0 unspecified atom stereocenters. The van der Waals surface area contributed by atoms with Gasteiger partial charge in [0.05, 0.1) is 22.7 Å². The van der Waals surface area contributed by atoms with Crippen molar-refractivity contribution < 1.29 is 0 Å². The highest BCUT2D eigenvalue weighted by molar-refractivity contribution is 5.94. The van der Waals surface area contributed by atoms with Gasteiger partial charge >= 0.3 is 0 Å². The van der Waals surface area contributed by atoms with Gasteiger partial charge in [0.2, 0.25) is 0 Å². The van der Waals surface area contributed by atoms with Crippen LogP contribution in [0.2, 0.25) is 0 Å². The fourth-order valence-electron chi connectivity index (χ4n) is 8.05. The summed E-state index contributed by atoms with van der Waals surface area (Å²) in [6, 6.07) is 35.2. The van der Waals surface area contributed by atoms with E-state index in [1.807, 2.05) is 0 Å². The molecule has 2 aromatic carbocycles. The van der Waals surface area contributed by atoms with Crippen molar-refractivity contribution in [3.8, 4) is 0 Å². The maximum absolute atomic E-state index is 4.80. The molecule has 8 heteroatoms. The standard InChI is InChI=1S/C42H42N8/c1-25-17-33(18-26(2)43-25)47-37-13-9-10-14-38(37)48(34-19-27(3)44-28(4)20-34)41(47)42-49(35-21-29(5)45-30(6)22-35)39-15-11-12-16-40(39)50(42)36-23-31(7)46-32(8)24-36/h9-24,41-42H,1-8H3. The first-order chi connectivity index (χ1) is 24.0. The van der Waals surface area contributed by atoms with Gasteiger partial charge < -0.3 is 19.6 Å². The van der Waals surface area contributed by atoms with Gasteiger partial charge in [0.25, 0.3) is 0 Å². The predicted molar refractivity (Wildman–Crippen MR) is 204 cm³/mol. The Labute approximate surface area is 294 Å². The van der Waals surface area contributed by atoms with Crippen LogP contribution >= 0.6 is 0 Å². The van der Waals surface area contributed by atoms with Gasteiger partial charge in [-0.1, -0.05) is 24.3 Å². The van der Waals surface area contributed by atoms with Crippen molar-refractivity contribution in [1.82, 2.24) is 19.9 Å². The Balaban J connectivity index is 1.49. The summed E-state index contributed by atoms with van der Waals surface area (Å²) in [5.74, 6) is 0. The van der Waals surface area contributed by atoms with Gasteiger partial charge in [-0.05, 0) is 128 Å². The summed E-state index contributed by atoms with van der Waals surface area (Å²) < 4.78 is 0. The molecule has 4 aromatic heterocycles. The molecule has 0 atom stereocenters. The second-order valence-electron chi connectivity index (χ2n) is 13.7. The normalized spacial score (nSPS) is 14.5. The Kier molecular flexibility index (Phi) is 7.55. The molecule has 0 radical (unpaired) electrons. The third kappa shape index (κ3) is 5.32. The minimum atomic E-state index is -0.259. The number of fused-ring (bicyclic) bond motifs is 2. The van der Waals surface area contributed by atoms with Gasteiger partial charge in [-0.3, -0.25) is 19.9 Å². The second kappa shape index (κ2) is 12.0. The van der Waals surface area contributed by atoms with Crippen LogP contribution in [0.3, 0.4) is 0 Å². The number of pyridine rings is 4. The summed E-state index contributed by atoms with van der Waals surface area (Å²) in [6.45, 7) is 16.6. The molecular formula is C42H42N8. The summed E-state index contributed by atoms with van der Waals surface area (Å²) in [5, 5.41) is 0. The smallest absolute Gasteiger partial charge is 0.151 e. The molecule has 0 saturated carbocycles. The SMILES string of the molecule is Cc1cc(N2c3ccccc3N(c3cc(C)nc(C)c3)C2C2N(c3cc(C)nc(C)c3)c3ccccc3N2c2cc(C)nc(C)c2)cc(C)n1. The molecule has 2 aliphatic rings. The topological polar surface area (TPSA) is 64.5 Å². The highest BCUT2D eigenvalue weighted by Gasteiger charge is 2.52. The molecule has 0 saturated heterocycles. The van der Waals surface area contributed by atoms with E-state index < -0.39 is 0 Å². The maximum atomic E-state index is 4.80. The van der Waals surface area contributed by atoms with Crippen molar-refractivity contribution in [1.29, 1.82) is 0 Å². The Morgan fingerprint density at radius 1 is 0.320 bits per heavy atom. The van der Waals surface area contributed by atoms with Gasteiger partial charge in [-0.15, -0.1) is 0 Å².